The second-order valence-corrected chi connectivity index (χ2v) is 7.40. The first-order chi connectivity index (χ1) is 12.6. The molecule has 1 atom stereocenters. The van der Waals surface area contributed by atoms with Crippen LogP contribution in [0.2, 0.25) is 0 Å². The molecule has 1 saturated heterocycles. The smallest absolute Gasteiger partial charge is 0.253 e. The van der Waals surface area contributed by atoms with Crippen molar-refractivity contribution in [1.29, 1.82) is 0 Å². The average molecular weight is 368 g/mol. The first-order valence-corrected chi connectivity index (χ1v) is 9.46. The van der Waals surface area contributed by atoms with Gasteiger partial charge in [-0.3, -0.25) is 4.79 Å². The van der Waals surface area contributed by atoms with Crippen LogP contribution in [0.25, 0.3) is 10.2 Å². The molecule has 1 aliphatic rings. The van der Waals surface area contributed by atoms with Crippen LogP contribution in [-0.4, -0.2) is 39.9 Å². The van der Waals surface area contributed by atoms with E-state index in [4.69, 9.17) is 10.5 Å². The quantitative estimate of drug-likeness (QED) is 0.766. The van der Waals surface area contributed by atoms with E-state index in [-0.39, 0.29) is 11.9 Å². The first kappa shape index (κ1) is 16.9. The van der Waals surface area contributed by atoms with Gasteiger partial charge in [-0.15, -0.1) is 11.3 Å². The Morgan fingerprint density at radius 2 is 2.12 bits per heavy atom. The minimum atomic E-state index is 0.0387. The van der Waals surface area contributed by atoms with E-state index >= 15 is 0 Å². The van der Waals surface area contributed by atoms with Gasteiger partial charge in [-0.2, -0.15) is 4.98 Å². The summed E-state index contributed by atoms with van der Waals surface area (Å²) in [5.74, 6) is 1.33. The molecular weight excluding hydrogens is 348 g/mol. The predicted molar refractivity (Wildman–Crippen MR) is 101 cm³/mol. The second kappa shape index (κ2) is 7.01. The van der Waals surface area contributed by atoms with E-state index < -0.39 is 0 Å². The maximum absolute atomic E-state index is 12.5. The number of hydrogen-bond acceptors (Lipinski definition) is 6. The molecular formula is C19H20N4O2S. The summed E-state index contributed by atoms with van der Waals surface area (Å²) in [4.78, 5) is 24.0. The zero-order valence-electron chi connectivity index (χ0n) is 14.5. The standard InChI is InChI=1S/C19H20N4O2S/c1-12-21-17(16-7-9-26-18(16)22-12)25-11-13-2-4-14(5-3-13)19(24)23-8-6-15(20)10-23/h2-5,7,9,15H,6,8,10-11,20H2,1H3. The third-order valence-corrected chi connectivity index (χ3v) is 5.30. The summed E-state index contributed by atoms with van der Waals surface area (Å²) in [5, 5.41) is 2.91. The van der Waals surface area contributed by atoms with Gasteiger partial charge in [-0.05, 0) is 42.5 Å². The molecule has 0 bridgehead atoms. The van der Waals surface area contributed by atoms with Gasteiger partial charge in [-0.25, -0.2) is 4.98 Å². The van der Waals surface area contributed by atoms with E-state index in [0.717, 1.165) is 28.7 Å². The summed E-state index contributed by atoms with van der Waals surface area (Å²) in [5.41, 5.74) is 7.55. The Kier molecular flexibility index (Phi) is 4.57. The second-order valence-electron chi connectivity index (χ2n) is 6.50. The minimum Gasteiger partial charge on any atom is -0.472 e. The molecule has 1 amide bonds. The number of amides is 1. The molecule has 0 saturated carbocycles. The fourth-order valence-corrected chi connectivity index (χ4v) is 3.89. The zero-order valence-corrected chi connectivity index (χ0v) is 15.3. The highest BCUT2D eigenvalue weighted by atomic mass is 32.1. The van der Waals surface area contributed by atoms with Crippen molar-refractivity contribution in [2.45, 2.75) is 26.0 Å². The lowest BCUT2D eigenvalue weighted by Gasteiger charge is -2.16. The fourth-order valence-electron chi connectivity index (χ4n) is 3.09. The Morgan fingerprint density at radius 3 is 2.85 bits per heavy atom. The highest BCUT2D eigenvalue weighted by Gasteiger charge is 2.24. The Bertz CT molecular complexity index is 938. The molecule has 26 heavy (non-hydrogen) atoms. The number of ether oxygens (including phenoxy) is 1. The molecule has 1 unspecified atom stereocenters. The lowest BCUT2D eigenvalue weighted by molar-refractivity contribution is 0.0791. The maximum atomic E-state index is 12.5. The van der Waals surface area contributed by atoms with E-state index in [0.29, 0.717) is 30.4 Å². The van der Waals surface area contributed by atoms with Crippen LogP contribution < -0.4 is 10.5 Å². The third kappa shape index (κ3) is 3.40. The van der Waals surface area contributed by atoms with Crippen LogP contribution in [0.4, 0.5) is 0 Å². The van der Waals surface area contributed by atoms with E-state index in [1.54, 1.807) is 11.3 Å². The van der Waals surface area contributed by atoms with Crippen LogP contribution in [0.3, 0.4) is 0 Å². The number of fused-ring (bicyclic) bond motifs is 1. The normalized spacial score (nSPS) is 17.0. The minimum absolute atomic E-state index is 0.0387. The molecule has 0 radical (unpaired) electrons. The molecule has 2 aromatic heterocycles. The number of rotatable bonds is 4. The van der Waals surface area contributed by atoms with Gasteiger partial charge in [0.25, 0.3) is 5.91 Å². The van der Waals surface area contributed by atoms with E-state index in [1.165, 1.54) is 0 Å². The largest absolute Gasteiger partial charge is 0.472 e. The predicted octanol–water partition coefficient (Wildman–Crippen LogP) is 2.75. The molecule has 1 aromatic carbocycles. The number of carbonyl (C=O) groups is 1. The Hall–Kier alpha value is -2.51. The SMILES string of the molecule is Cc1nc(OCc2ccc(C(=O)N3CCC(N)C3)cc2)c2ccsc2n1. The average Bonchev–Trinajstić information content (AvgIpc) is 3.28. The molecule has 0 aliphatic carbocycles. The molecule has 134 valence electrons. The zero-order chi connectivity index (χ0) is 18.1. The summed E-state index contributed by atoms with van der Waals surface area (Å²) in [6.07, 6.45) is 0.868. The molecule has 0 spiro atoms. The van der Waals surface area contributed by atoms with Gasteiger partial charge in [0.15, 0.2) is 0 Å². The maximum Gasteiger partial charge on any atom is 0.253 e. The van der Waals surface area contributed by atoms with Crippen LogP contribution in [0, 0.1) is 6.92 Å². The monoisotopic (exact) mass is 368 g/mol. The summed E-state index contributed by atoms with van der Waals surface area (Å²) >= 11 is 1.57. The molecule has 3 heterocycles. The third-order valence-electron chi connectivity index (χ3n) is 4.49. The van der Waals surface area contributed by atoms with Gasteiger partial charge >= 0.3 is 0 Å². The van der Waals surface area contributed by atoms with Crippen molar-refractivity contribution in [3.8, 4) is 5.88 Å². The number of nitrogens with two attached hydrogens (primary N) is 1. The first-order valence-electron chi connectivity index (χ1n) is 8.58. The van der Waals surface area contributed by atoms with Crippen LogP contribution in [-0.2, 0) is 6.61 Å². The number of benzene rings is 1. The van der Waals surface area contributed by atoms with Gasteiger partial charge in [-0.1, -0.05) is 12.1 Å². The highest BCUT2D eigenvalue weighted by Crippen LogP contribution is 2.27. The van der Waals surface area contributed by atoms with Gasteiger partial charge < -0.3 is 15.4 Å². The Morgan fingerprint density at radius 1 is 1.31 bits per heavy atom. The van der Waals surface area contributed by atoms with Crippen molar-refractivity contribution in [2.75, 3.05) is 13.1 Å². The van der Waals surface area contributed by atoms with Gasteiger partial charge in [0.2, 0.25) is 5.88 Å². The fraction of sp³-hybridized carbons (Fsp3) is 0.316. The van der Waals surface area contributed by atoms with E-state index in [2.05, 4.69) is 9.97 Å². The number of nitrogens with zero attached hydrogens (tertiary/aromatic N) is 3. The van der Waals surface area contributed by atoms with Crippen LogP contribution >= 0.6 is 11.3 Å². The number of carbonyl (C=O) groups excluding carboxylic acids is 1. The highest BCUT2D eigenvalue weighted by molar-refractivity contribution is 7.16. The van der Waals surface area contributed by atoms with Crippen molar-refractivity contribution in [3.05, 3.63) is 52.7 Å². The lowest BCUT2D eigenvalue weighted by Crippen LogP contribution is -2.31. The molecule has 7 heteroatoms. The Balaban J connectivity index is 1.44. The van der Waals surface area contributed by atoms with E-state index in [9.17, 15) is 4.79 Å². The van der Waals surface area contributed by atoms with Crippen LogP contribution in [0.1, 0.15) is 28.2 Å². The Labute approximate surface area is 155 Å². The number of thiophene rings is 1. The van der Waals surface area contributed by atoms with Crippen LogP contribution in [0.15, 0.2) is 35.7 Å². The van der Waals surface area contributed by atoms with Crippen molar-refractivity contribution in [3.63, 3.8) is 0 Å². The molecule has 3 aromatic rings. The van der Waals surface area contributed by atoms with Crippen molar-refractivity contribution in [2.24, 2.45) is 5.73 Å². The summed E-state index contributed by atoms with van der Waals surface area (Å²) < 4.78 is 5.90. The van der Waals surface area contributed by atoms with Crippen molar-refractivity contribution < 1.29 is 9.53 Å². The lowest BCUT2D eigenvalue weighted by atomic mass is 10.1. The summed E-state index contributed by atoms with van der Waals surface area (Å²) in [6.45, 7) is 3.61. The van der Waals surface area contributed by atoms with Gasteiger partial charge in [0.05, 0.1) is 5.39 Å². The summed E-state index contributed by atoms with van der Waals surface area (Å²) in [7, 11) is 0. The number of likely N-dealkylation sites (tertiary alicyclic amines) is 1. The molecule has 6 nitrogen and oxygen atoms in total. The van der Waals surface area contributed by atoms with Crippen molar-refractivity contribution >= 4 is 27.5 Å². The molecule has 2 N–H and O–H groups in total. The molecule has 1 fully saturated rings. The number of aryl methyl sites for hydroxylation is 1. The molecule has 4 rings (SSSR count). The van der Waals surface area contributed by atoms with Gasteiger partial charge in [0, 0.05) is 24.7 Å². The van der Waals surface area contributed by atoms with Crippen molar-refractivity contribution in [1.82, 2.24) is 14.9 Å². The number of hydrogen-bond donors (Lipinski definition) is 1. The topological polar surface area (TPSA) is 81.3 Å². The van der Waals surface area contributed by atoms with E-state index in [1.807, 2.05) is 47.5 Å². The van der Waals surface area contributed by atoms with Crippen LogP contribution in [0.5, 0.6) is 5.88 Å². The molecule has 1 aliphatic heterocycles. The van der Waals surface area contributed by atoms with Gasteiger partial charge in [0.1, 0.15) is 17.3 Å². The summed E-state index contributed by atoms with van der Waals surface area (Å²) in [6, 6.07) is 9.59. The number of aromatic nitrogens is 2.